The summed E-state index contributed by atoms with van der Waals surface area (Å²) >= 11 is 0. The van der Waals surface area contributed by atoms with Gasteiger partial charge in [0.1, 0.15) is 0 Å². The molecule has 0 aromatic carbocycles. The number of hydrogen-bond acceptors (Lipinski definition) is 6. The summed E-state index contributed by atoms with van der Waals surface area (Å²) in [5.74, 6) is -1.22. The minimum atomic E-state index is -4.54. The van der Waals surface area contributed by atoms with Crippen molar-refractivity contribution in [2.75, 3.05) is 40.2 Å². The lowest BCUT2D eigenvalue weighted by Gasteiger charge is -2.25. The van der Waals surface area contributed by atoms with Crippen LogP contribution in [0.4, 0.5) is 3.89 Å². The highest BCUT2D eigenvalue weighted by atomic mass is 32.3. The van der Waals surface area contributed by atoms with Crippen LogP contribution in [0.5, 0.6) is 0 Å². The molecule has 0 spiro atoms. The van der Waals surface area contributed by atoms with E-state index in [0.29, 0.717) is 19.0 Å². The Balaban J connectivity index is 2.44. The SMILES string of the molecule is CO[Si](CCCN1CC(CS(=O)(=O)F)CC1=O)(OC)OC. The molecule has 10 heteroatoms. The Morgan fingerprint density at radius 2 is 1.86 bits per heavy atom. The molecule has 1 heterocycles. The molecule has 0 radical (unpaired) electrons. The van der Waals surface area contributed by atoms with Gasteiger partial charge < -0.3 is 18.2 Å². The van der Waals surface area contributed by atoms with E-state index in [-0.39, 0.29) is 18.9 Å². The van der Waals surface area contributed by atoms with Gasteiger partial charge in [0.2, 0.25) is 5.91 Å². The maximum absolute atomic E-state index is 12.6. The molecule has 1 atom stereocenters. The highest BCUT2D eigenvalue weighted by Crippen LogP contribution is 2.22. The normalized spacial score (nSPS) is 20.3. The second-order valence-electron chi connectivity index (χ2n) is 5.01. The van der Waals surface area contributed by atoms with Crippen molar-refractivity contribution in [1.82, 2.24) is 4.90 Å². The number of nitrogens with zero attached hydrogens (tertiary/aromatic N) is 1. The van der Waals surface area contributed by atoms with E-state index in [9.17, 15) is 17.1 Å². The van der Waals surface area contributed by atoms with Crippen molar-refractivity contribution in [3.8, 4) is 0 Å². The average Bonchev–Trinajstić information content (AvgIpc) is 2.73. The Morgan fingerprint density at radius 3 is 2.33 bits per heavy atom. The minimum absolute atomic E-state index is 0.0740. The molecular weight excluding hydrogens is 321 g/mol. The van der Waals surface area contributed by atoms with Crippen molar-refractivity contribution >= 4 is 24.9 Å². The molecule has 1 aliphatic rings. The number of halogens is 1. The van der Waals surface area contributed by atoms with Crippen molar-refractivity contribution in [3.63, 3.8) is 0 Å². The van der Waals surface area contributed by atoms with Gasteiger partial charge in [0.15, 0.2) is 0 Å². The smallest absolute Gasteiger partial charge is 0.377 e. The molecule has 1 rings (SSSR count). The molecule has 0 N–H and O–H groups in total. The molecule has 0 saturated carbocycles. The molecule has 1 saturated heterocycles. The molecule has 0 aliphatic carbocycles. The van der Waals surface area contributed by atoms with Crippen LogP contribution in [-0.4, -0.2) is 68.2 Å². The van der Waals surface area contributed by atoms with E-state index in [1.165, 1.54) is 21.3 Å². The van der Waals surface area contributed by atoms with Gasteiger partial charge in [-0.1, -0.05) is 0 Å². The summed E-state index contributed by atoms with van der Waals surface area (Å²) in [7, 11) is -2.65. The predicted molar refractivity (Wildman–Crippen MR) is 75.8 cm³/mol. The van der Waals surface area contributed by atoms with Crippen LogP contribution in [-0.2, 0) is 28.3 Å². The van der Waals surface area contributed by atoms with E-state index in [4.69, 9.17) is 13.3 Å². The van der Waals surface area contributed by atoms with Crippen molar-refractivity contribution in [2.24, 2.45) is 5.92 Å². The minimum Gasteiger partial charge on any atom is -0.377 e. The molecule has 7 nitrogen and oxygen atoms in total. The Hall–Kier alpha value is -0.553. The largest absolute Gasteiger partial charge is 0.500 e. The quantitative estimate of drug-likeness (QED) is 0.445. The van der Waals surface area contributed by atoms with E-state index in [1.54, 1.807) is 4.90 Å². The van der Waals surface area contributed by atoms with Crippen molar-refractivity contribution < 1.29 is 30.4 Å². The van der Waals surface area contributed by atoms with Gasteiger partial charge in [0, 0.05) is 52.8 Å². The monoisotopic (exact) mass is 343 g/mol. The average molecular weight is 343 g/mol. The molecule has 1 aliphatic heterocycles. The number of rotatable bonds is 9. The van der Waals surface area contributed by atoms with E-state index >= 15 is 0 Å². The molecule has 1 amide bonds. The highest BCUT2D eigenvalue weighted by molar-refractivity contribution is 7.86. The van der Waals surface area contributed by atoms with Crippen LogP contribution in [0.1, 0.15) is 12.8 Å². The number of carbonyl (C=O) groups is 1. The van der Waals surface area contributed by atoms with Crippen molar-refractivity contribution in [3.05, 3.63) is 0 Å². The lowest BCUT2D eigenvalue weighted by molar-refractivity contribution is -0.127. The van der Waals surface area contributed by atoms with Gasteiger partial charge in [-0.3, -0.25) is 4.79 Å². The summed E-state index contributed by atoms with van der Waals surface area (Å²) < 4.78 is 49.7. The van der Waals surface area contributed by atoms with Gasteiger partial charge in [-0.25, -0.2) is 0 Å². The van der Waals surface area contributed by atoms with Gasteiger partial charge in [-0.15, -0.1) is 3.89 Å². The van der Waals surface area contributed by atoms with Gasteiger partial charge in [-0.2, -0.15) is 8.42 Å². The van der Waals surface area contributed by atoms with E-state index < -0.39 is 30.7 Å². The summed E-state index contributed by atoms with van der Waals surface area (Å²) in [5.41, 5.74) is 0. The zero-order valence-corrected chi connectivity index (χ0v) is 14.3. The Morgan fingerprint density at radius 1 is 1.29 bits per heavy atom. The number of hydrogen-bond donors (Lipinski definition) is 0. The van der Waals surface area contributed by atoms with E-state index in [1.807, 2.05) is 0 Å². The fraction of sp³-hybridized carbons (Fsp3) is 0.909. The third-order valence-corrected chi connectivity index (χ3v) is 7.27. The molecular formula is C11H22FNO6SSi. The van der Waals surface area contributed by atoms with Crippen LogP contribution in [0, 0.1) is 5.92 Å². The number of carbonyl (C=O) groups excluding carboxylic acids is 1. The third kappa shape index (κ3) is 5.62. The number of likely N-dealkylation sites (tertiary alicyclic amines) is 1. The molecule has 0 bridgehead atoms. The summed E-state index contributed by atoms with van der Waals surface area (Å²) in [6.45, 7) is 0.718. The standard InChI is InChI=1S/C11H22FNO6SSi/c1-17-21(18-2,19-3)6-4-5-13-8-10(7-11(13)14)9-20(12,15)16/h10H,4-9H2,1-3H3. The molecule has 124 valence electrons. The van der Waals surface area contributed by atoms with Crippen LogP contribution >= 0.6 is 0 Å². The van der Waals surface area contributed by atoms with Crippen LogP contribution in [0.3, 0.4) is 0 Å². The van der Waals surface area contributed by atoms with Gasteiger partial charge in [-0.05, 0) is 6.42 Å². The fourth-order valence-corrected chi connectivity index (χ4v) is 5.00. The maximum atomic E-state index is 12.6. The van der Waals surface area contributed by atoms with E-state index in [2.05, 4.69) is 0 Å². The molecule has 21 heavy (non-hydrogen) atoms. The Bertz CT molecular complexity index is 447. The second-order valence-corrected chi connectivity index (χ2v) is 9.52. The van der Waals surface area contributed by atoms with Crippen molar-refractivity contribution in [1.29, 1.82) is 0 Å². The predicted octanol–water partition coefficient (Wildman–Crippen LogP) is 0.402. The first-order valence-corrected chi connectivity index (χ1v) is 10.1. The van der Waals surface area contributed by atoms with Gasteiger partial charge in [0.05, 0.1) is 5.75 Å². The topological polar surface area (TPSA) is 82.1 Å². The zero-order valence-electron chi connectivity index (χ0n) is 12.5. The summed E-state index contributed by atoms with van der Waals surface area (Å²) in [5, 5.41) is 0. The van der Waals surface area contributed by atoms with E-state index in [0.717, 1.165) is 0 Å². The van der Waals surface area contributed by atoms with Crippen LogP contribution in [0.25, 0.3) is 0 Å². The fourth-order valence-electron chi connectivity index (χ4n) is 2.51. The Labute approximate surface area is 125 Å². The first kappa shape index (κ1) is 18.5. The van der Waals surface area contributed by atoms with Crippen molar-refractivity contribution in [2.45, 2.75) is 18.9 Å². The number of amides is 1. The lowest BCUT2D eigenvalue weighted by Crippen LogP contribution is -2.43. The second kappa shape index (κ2) is 7.63. The van der Waals surface area contributed by atoms with Crippen LogP contribution in [0.15, 0.2) is 0 Å². The first-order chi connectivity index (χ1) is 9.75. The van der Waals surface area contributed by atoms with Gasteiger partial charge >= 0.3 is 19.0 Å². The zero-order chi connectivity index (χ0) is 16.1. The molecule has 1 unspecified atom stereocenters. The summed E-state index contributed by atoms with van der Waals surface area (Å²) in [6.07, 6.45) is 0.688. The van der Waals surface area contributed by atoms with Crippen LogP contribution in [0.2, 0.25) is 6.04 Å². The maximum Gasteiger partial charge on any atom is 0.500 e. The first-order valence-electron chi connectivity index (χ1n) is 6.61. The Kier molecular flexibility index (Phi) is 6.72. The third-order valence-electron chi connectivity index (χ3n) is 3.57. The van der Waals surface area contributed by atoms with Crippen LogP contribution < -0.4 is 0 Å². The molecule has 0 aromatic heterocycles. The molecule has 1 fully saturated rings. The van der Waals surface area contributed by atoms with Gasteiger partial charge in [0.25, 0.3) is 0 Å². The summed E-state index contributed by atoms with van der Waals surface area (Å²) in [4.78, 5) is 13.3. The lowest BCUT2D eigenvalue weighted by atomic mass is 10.1. The highest BCUT2D eigenvalue weighted by Gasteiger charge is 2.38. The summed E-state index contributed by atoms with van der Waals surface area (Å²) in [6, 6.07) is 0.548. The molecule has 0 aromatic rings.